The van der Waals surface area contributed by atoms with Crippen molar-refractivity contribution < 1.29 is 18.9 Å². The van der Waals surface area contributed by atoms with Gasteiger partial charge in [0.2, 0.25) is 0 Å². The summed E-state index contributed by atoms with van der Waals surface area (Å²) < 4.78 is 21.1. The Labute approximate surface area is 228 Å². The predicted octanol–water partition coefficient (Wildman–Crippen LogP) is 4.65. The summed E-state index contributed by atoms with van der Waals surface area (Å²) in [5.41, 5.74) is 7.31. The van der Waals surface area contributed by atoms with Crippen LogP contribution in [-0.2, 0) is 0 Å². The van der Waals surface area contributed by atoms with Crippen molar-refractivity contribution in [2.45, 2.75) is 0 Å². The molecule has 10 nitrogen and oxygen atoms in total. The van der Waals surface area contributed by atoms with Crippen LogP contribution in [0, 0.1) is 0 Å². The fourth-order valence-corrected chi connectivity index (χ4v) is 4.41. The third-order valence-electron chi connectivity index (χ3n) is 4.75. The Hall–Kier alpha value is -3.78. The number of methoxy groups -OCH3 is 4. The fourth-order valence-electron chi connectivity index (χ4n) is 3.02. The molecule has 0 bridgehead atoms. The van der Waals surface area contributed by atoms with Gasteiger partial charge in [0, 0.05) is 12.4 Å². The molecule has 0 atom stereocenters. The molecule has 2 heterocycles. The summed E-state index contributed by atoms with van der Waals surface area (Å²) in [6.07, 6.45) is 3.41. The summed E-state index contributed by atoms with van der Waals surface area (Å²) in [5, 5.41) is 3.14. The van der Waals surface area contributed by atoms with Crippen LogP contribution in [0.1, 0.15) is 9.75 Å². The first-order valence-corrected chi connectivity index (χ1v) is 12.8. The minimum absolute atomic E-state index is 0.505. The van der Waals surface area contributed by atoms with Crippen molar-refractivity contribution in [2.75, 3.05) is 33.8 Å². The van der Waals surface area contributed by atoms with E-state index in [9.17, 15) is 0 Å². The van der Waals surface area contributed by atoms with Crippen LogP contribution in [0.5, 0.6) is 23.0 Å². The number of nitrogens with two attached hydrogens (primary N) is 1. The molecule has 0 fully saturated rings. The zero-order valence-electron chi connectivity index (χ0n) is 20.6. The summed E-state index contributed by atoms with van der Waals surface area (Å²) in [6, 6.07) is 11.0. The van der Waals surface area contributed by atoms with E-state index in [4.69, 9.17) is 37.0 Å². The molecule has 0 aliphatic heterocycles. The Kier molecular flexibility index (Phi) is 10.6. The first kappa shape index (κ1) is 27.8. The predicted molar refractivity (Wildman–Crippen MR) is 152 cm³/mol. The molecule has 13 heteroatoms. The smallest absolute Gasteiger partial charge is 0.160 e. The van der Waals surface area contributed by atoms with Gasteiger partial charge in [-0.25, -0.2) is 10.8 Å². The Morgan fingerprint density at radius 2 is 1.30 bits per heavy atom. The number of para-hydroxylation sites is 2. The van der Waals surface area contributed by atoms with Gasteiger partial charge in [-0.15, -0.1) is 22.7 Å². The van der Waals surface area contributed by atoms with Crippen LogP contribution in [0.15, 0.2) is 64.8 Å². The second-order valence-corrected chi connectivity index (χ2v) is 9.02. The van der Waals surface area contributed by atoms with Crippen molar-refractivity contribution in [3.05, 3.63) is 69.6 Å². The Bertz CT molecular complexity index is 1270. The van der Waals surface area contributed by atoms with Gasteiger partial charge in [0.15, 0.2) is 5.84 Å². The maximum atomic E-state index is 5.51. The van der Waals surface area contributed by atoms with Crippen molar-refractivity contribution in [3.8, 4) is 23.0 Å². The van der Waals surface area contributed by atoms with Gasteiger partial charge in [0.25, 0.3) is 0 Å². The Morgan fingerprint density at radius 3 is 1.73 bits per heavy atom. The van der Waals surface area contributed by atoms with Crippen molar-refractivity contribution in [3.63, 3.8) is 0 Å². The van der Waals surface area contributed by atoms with E-state index in [-0.39, 0.29) is 0 Å². The molecule has 4 N–H and O–H groups in total. The highest BCUT2D eigenvalue weighted by molar-refractivity contribution is 7.81. The van der Waals surface area contributed by atoms with Crippen molar-refractivity contribution in [2.24, 2.45) is 10.8 Å². The summed E-state index contributed by atoms with van der Waals surface area (Å²) in [7, 11) is 6.37. The van der Waals surface area contributed by atoms with E-state index in [0.717, 1.165) is 15.4 Å². The van der Waals surface area contributed by atoms with Crippen molar-refractivity contribution in [1.29, 1.82) is 0 Å². The zero-order valence-corrected chi connectivity index (χ0v) is 23.0. The number of nitrogens with zero attached hydrogens (tertiary/aromatic N) is 3. The number of rotatable bonds is 8. The van der Waals surface area contributed by atoms with Crippen molar-refractivity contribution in [1.82, 2.24) is 15.4 Å². The summed E-state index contributed by atoms with van der Waals surface area (Å²) in [6.45, 7) is 0. The molecule has 0 amide bonds. The Balaban J connectivity index is 0.000000206. The minimum Gasteiger partial charge on any atom is -0.494 e. The van der Waals surface area contributed by atoms with E-state index in [1.807, 2.05) is 36.4 Å². The SMILES string of the molecule is COc1cccc(OC)c1N=C(NN)c1cncs1.COc1cccc(OC)c1NC(=S)c1cncs1. The molecule has 4 rings (SSSR count). The standard InChI is InChI=1S/C12H14N4O2S.C12H12N2O2S2/c1-17-8-4-3-5-9(18-2)11(8)15-12(16-13)10-6-14-7-19-10;1-15-8-4-3-5-9(16-2)11(8)14-12(17)10-6-13-7-18-10/h3-7H,13H2,1-2H3,(H,15,16);3-7H,1-2H3,(H,14,17). The molecule has 0 radical (unpaired) electrons. The number of nitrogens with one attached hydrogen (secondary N) is 2. The number of ether oxygens (including phenoxy) is 4. The average molecular weight is 559 g/mol. The highest BCUT2D eigenvalue weighted by Gasteiger charge is 2.13. The van der Waals surface area contributed by atoms with E-state index in [1.54, 1.807) is 51.9 Å². The molecule has 0 saturated carbocycles. The van der Waals surface area contributed by atoms with Gasteiger partial charge in [-0.3, -0.25) is 9.97 Å². The number of benzene rings is 2. The number of amidine groups is 1. The molecule has 0 aliphatic carbocycles. The zero-order chi connectivity index (χ0) is 26.6. The summed E-state index contributed by atoms with van der Waals surface area (Å²) in [4.78, 5) is 14.8. The van der Waals surface area contributed by atoms with E-state index in [2.05, 4.69) is 25.7 Å². The molecule has 0 spiro atoms. The van der Waals surface area contributed by atoms with E-state index >= 15 is 0 Å². The van der Waals surface area contributed by atoms with Gasteiger partial charge in [-0.1, -0.05) is 24.4 Å². The fraction of sp³-hybridized carbons (Fsp3) is 0.167. The van der Waals surface area contributed by atoms with Gasteiger partial charge in [-0.2, -0.15) is 0 Å². The van der Waals surface area contributed by atoms with Crippen LogP contribution in [0.4, 0.5) is 11.4 Å². The second-order valence-electron chi connectivity index (χ2n) is 6.84. The van der Waals surface area contributed by atoms with Crippen LogP contribution < -0.4 is 35.5 Å². The first-order chi connectivity index (χ1) is 18.1. The normalized spacial score (nSPS) is 10.6. The van der Waals surface area contributed by atoms with Crippen LogP contribution in [-0.4, -0.2) is 49.2 Å². The summed E-state index contributed by atoms with van der Waals surface area (Å²) in [5.74, 6) is 8.60. The number of anilines is 1. The number of hydrogen-bond acceptors (Lipinski definition) is 11. The molecule has 0 unspecified atom stereocenters. The quantitative estimate of drug-likeness (QED) is 0.0925. The third kappa shape index (κ3) is 7.13. The number of aliphatic imine (C=N–C) groups is 1. The number of hydrogen-bond donors (Lipinski definition) is 3. The largest absolute Gasteiger partial charge is 0.494 e. The average Bonchev–Trinajstić information content (AvgIpc) is 3.67. The molecule has 194 valence electrons. The molecule has 2 aromatic heterocycles. The number of thiazole rings is 2. The lowest BCUT2D eigenvalue weighted by Gasteiger charge is -2.14. The van der Waals surface area contributed by atoms with Crippen LogP contribution in [0.2, 0.25) is 0 Å². The number of aromatic nitrogens is 2. The minimum atomic E-state index is 0.505. The van der Waals surface area contributed by atoms with E-state index < -0.39 is 0 Å². The number of thiocarbonyl (C=S) groups is 1. The topological polar surface area (TPSA) is 125 Å². The molecule has 2 aromatic carbocycles. The lowest BCUT2D eigenvalue weighted by atomic mass is 10.2. The second kappa shape index (κ2) is 14.1. The molecule has 4 aromatic rings. The van der Waals surface area contributed by atoms with Gasteiger partial charge >= 0.3 is 0 Å². The summed E-state index contributed by atoms with van der Waals surface area (Å²) >= 11 is 8.24. The molecule has 0 aliphatic rings. The maximum absolute atomic E-state index is 5.51. The van der Waals surface area contributed by atoms with E-state index in [1.165, 1.54) is 22.7 Å². The monoisotopic (exact) mass is 558 g/mol. The lowest BCUT2D eigenvalue weighted by Crippen LogP contribution is -2.30. The van der Waals surface area contributed by atoms with E-state index in [0.29, 0.717) is 39.5 Å². The first-order valence-electron chi connectivity index (χ1n) is 10.6. The Morgan fingerprint density at radius 1 is 0.811 bits per heavy atom. The van der Waals surface area contributed by atoms with Gasteiger partial charge in [-0.05, 0) is 24.3 Å². The number of hydrazine groups is 1. The molecule has 0 saturated heterocycles. The van der Waals surface area contributed by atoms with Crippen LogP contribution >= 0.6 is 34.9 Å². The highest BCUT2D eigenvalue weighted by Crippen LogP contribution is 2.37. The molecular formula is C24H26N6O4S3. The highest BCUT2D eigenvalue weighted by atomic mass is 32.1. The van der Waals surface area contributed by atoms with Crippen molar-refractivity contribution >= 4 is 57.1 Å². The van der Waals surface area contributed by atoms with Crippen LogP contribution in [0.3, 0.4) is 0 Å². The maximum Gasteiger partial charge on any atom is 0.160 e. The third-order valence-corrected chi connectivity index (χ3v) is 6.77. The molecular weight excluding hydrogens is 533 g/mol. The molecule has 37 heavy (non-hydrogen) atoms. The van der Waals surface area contributed by atoms with Gasteiger partial charge < -0.3 is 29.7 Å². The van der Waals surface area contributed by atoms with Gasteiger partial charge in [0.05, 0.1) is 49.2 Å². The van der Waals surface area contributed by atoms with Gasteiger partial charge in [0.1, 0.15) is 39.4 Å². The van der Waals surface area contributed by atoms with Crippen LogP contribution in [0.25, 0.3) is 0 Å². The lowest BCUT2D eigenvalue weighted by molar-refractivity contribution is 0.397.